The van der Waals surface area contributed by atoms with Gasteiger partial charge in [-0.05, 0) is 26.7 Å². The molecule has 1 fully saturated rings. The fourth-order valence-corrected chi connectivity index (χ4v) is 1.13. The van der Waals surface area contributed by atoms with Crippen molar-refractivity contribution < 1.29 is 4.79 Å². The summed E-state index contributed by atoms with van der Waals surface area (Å²) in [6.07, 6.45) is 7.03. The molecule has 0 spiro atoms. The van der Waals surface area contributed by atoms with Crippen LogP contribution in [-0.2, 0) is 4.79 Å². The predicted octanol–water partition coefficient (Wildman–Crippen LogP) is 0.253. The van der Waals surface area contributed by atoms with Gasteiger partial charge in [-0.1, -0.05) is 5.92 Å². The van der Waals surface area contributed by atoms with Crippen LogP contribution in [-0.4, -0.2) is 18.0 Å². The van der Waals surface area contributed by atoms with Crippen LogP contribution in [0.1, 0.15) is 26.7 Å². The molecule has 0 radical (unpaired) electrons. The molecule has 0 unspecified atom stereocenters. The fourth-order valence-electron chi connectivity index (χ4n) is 1.13. The average molecular weight is 180 g/mol. The van der Waals surface area contributed by atoms with Gasteiger partial charge in [-0.2, -0.15) is 0 Å². The van der Waals surface area contributed by atoms with Crippen molar-refractivity contribution in [2.24, 2.45) is 11.1 Å². The summed E-state index contributed by atoms with van der Waals surface area (Å²) in [5, 5.41) is 2.80. The van der Waals surface area contributed by atoms with E-state index in [1.807, 2.05) is 0 Å². The van der Waals surface area contributed by atoms with Crippen LogP contribution >= 0.6 is 0 Å². The highest BCUT2D eigenvalue weighted by molar-refractivity contribution is 5.86. The van der Waals surface area contributed by atoms with Crippen LogP contribution in [0.2, 0.25) is 0 Å². The number of nitrogens with two attached hydrogens (primary N) is 1. The minimum atomic E-state index is -0.568. The van der Waals surface area contributed by atoms with E-state index in [-0.39, 0.29) is 11.3 Å². The summed E-state index contributed by atoms with van der Waals surface area (Å²) in [5.41, 5.74) is 4.64. The maximum Gasteiger partial charge on any atom is 0.228 e. The quantitative estimate of drug-likeness (QED) is 0.612. The Morgan fingerprint density at radius 1 is 1.69 bits per heavy atom. The second-order valence-electron chi connectivity index (χ2n) is 4.21. The Hall–Kier alpha value is -1.01. The lowest BCUT2D eigenvalue weighted by Crippen LogP contribution is -2.47. The minimum absolute atomic E-state index is 0.00190. The lowest BCUT2D eigenvalue weighted by molar-refractivity contribution is -0.127. The van der Waals surface area contributed by atoms with E-state index in [9.17, 15) is 4.79 Å². The van der Waals surface area contributed by atoms with Crippen molar-refractivity contribution in [1.29, 1.82) is 0 Å². The monoisotopic (exact) mass is 180 g/mol. The molecule has 0 aromatic rings. The first-order valence-electron chi connectivity index (χ1n) is 4.46. The van der Waals surface area contributed by atoms with Crippen LogP contribution in [0.5, 0.6) is 0 Å². The van der Waals surface area contributed by atoms with Gasteiger partial charge in [0.1, 0.15) is 0 Å². The standard InChI is InChI=1S/C10H16N2O/c1-4-9(2,3)12-8(13)10(7-11)5-6-10/h1H,5-7,11H2,2-3H3,(H,12,13). The second kappa shape index (κ2) is 3.04. The van der Waals surface area contributed by atoms with Crippen molar-refractivity contribution in [3.05, 3.63) is 0 Å². The van der Waals surface area contributed by atoms with Gasteiger partial charge in [-0.25, -0.2) is 0 Å². The topological polar surface area (TPSA) is 55.1 Å². The minimum Gasteiger partial charge on any atom is -0.340 e. The number of hydrogen-bond donors (Lipinski definition) is 2. The van der Waals surface area contributed by atoms with Gasteiger partial charge in [0, 0.05) is 6.54 Å². The van der Waals surface area contributed by atoms with Crippen molar-refractivity contribution >= 4 is 5.91 Å². The molecule has 3 N–H and O–H groups in total. The van der Waals surface area contributed by atoms with E-state index in [2.05, 4.69) is 11.2 Å². The molecule has 0 saturated heterocycles. The number of rotatable bonds is 3. The molecule has 3 nitrogen and oxygen atoms in total. The molecular formula is C10H16N2O. The van der Waals surface area contributed by atoms with E-state index in [4.69, 9.17) is 12.2 Å². The van der Waals surface area contributed by atoms with E-state index in [1.54, 1.807) is 13.8 Å². The molecule has 0 atom stereocenters. The van der Waals surface area contributed by atoms with Crippen molar-refractivity contribution in [3.8, 4) is 12.3 Å². The van der Waals surface area contributed by atoms with Crippen LogP contribution in [0.25, 0.3) is 0 Å². The van der Waals surface area contributed by atoms with E-state index in [0.717, 1.165) is 12.8 Å². The zero-order valence-electron chi connectivity index (χ0n) is 8.18. The maximum atomic E-state index is 11.6. The zero-order chi connectivity index (χ0) is 10.1. The Kier molecular flexibility index (Phi) is 2.36. The Morgan fingerprint density at radius 3 is 2.54 bits per heavy atom. The predicted molar refractivity (Wildman–Crippen MR) is 51.8 cm³/mol. The van der Waals surface area contributed by atoms with E-state index >= 15 is 0 Å². The SMILES string of the molecule is C#CC(C)(C)NC(=O)C1(CN)CC1. The molecule has 1 rings (SSSR count). The lowest BCUT2D eigenvalue weighted by atomic mass is 10.0. The molecule has 72 valence electrons. The van der Waals surface area contributed by atoms with E-state index in [1.165, 1.54) is 0 Å². The van der Waals surface area contributed by atoms with Crippen molar-refractivity contribution in [2.75, 3.05) is 6.54 Å². The summed E-state index contributed by atoms with van der Waals surface area (Å²) in [6.45, 7) is 4.02. The Bertz CT molecular complexity index is 259. The van der Waals surface area contributed by atoms with Crippen molar-refractivity contribution in [2.45, 2.75) is 32.2 Å². The molecule has 3 heteroatoms. The highest BCUT2D eigenvalue weighted by Crippen LogP contribution is 2.44. The molecule has 0 aromatic carbocycles. The number of carbonyl (C=O) groups excluding carboxylic acids is 1. The van der Waals surface area contributed by atoms with Crippen LogP contribution < -0.4 is 11.1 Å². The summed E-state index contributed by atoms with van der Waals surface area (Å²) < 4.78 is 0. The molecular weight excluding hydrogens is 164 g/mol. The van der Waals surface area contributed by atoms with Gasteiger partial charge in [-0.15, -0.1) is 6.42 Å². The molecule has 0 aromatic heterocycles. The van der Waals surface area contributed by atoms with Gasteiger partial charge >= 0.3 is 0 Å². The van der Waals surface area contributed by atoms with E-state index < -0.39 is 5.54 Å². The van der Waals surface area contributed by atoms with Gasteiger partial charge in [0.15, 0.2) is 0 Å². The smallest absolute Gasteiger partial charge is 0.228 e. The molecule has 1 amide bonds. The molecule has 13 heavy (non-hydrogen) atoms. The normalized spacial score (nSPS) is 18.9. The molecule has 0 heterocycles. The van der Waals surface area contributed by atoms with Crippen LogP contribution in [0.3, 0.4) is 0 Å². The van der Waals surface area contributed by atoms with Crippen LogP contribution in [0.4, 0.5) is 0 Å². The lowest BCUT2D eigenvalue weighted by Gasteiger charge is -2.23. The Balaban J connectivity index is 2.57. The number of carbonyl (C=O) groups is 1. The molecule has 1 saturated carbocycles. The number of hydrogen-bond acceptors (Lipinski definition) is 2. The van der Waals surface area contributed by atoms with Crippen molar-refractivity contribution in [3.63, 3.8) is 0 Å². The van der Waals surface area contributed by atoms with Crippen molar-refractivity contribution in [1.82, 2.24) is 5.32 Å². The largest absolute Gasteiger partial charge is 0.340 e. The maximum absolute atomic E-state index is 11.6. The highest BCUT2D eigenvalue weighted by Gasteiger charge is 2.49. The van der Waals surface area contributed by atoms with Gasteiger partial charge in [0.05, 0.1) is 11.0 Å². The third-order valence-corrected chi connectivity index (χ3v) is 2.51. The van der Waals surface area contributed by atoms with Gasteiger partial charge in [0.2, 0.25) is 5.91 Å². The first kappa shape index (κ1) is 10.1. The van der Waals surface area contributed by atoms with Gasteiger partial charge in [-0.3, -0.25) is 4.79 Å². The third-order valence-electron chi connectivity index (χ3n) is 2.51. The fraction of sp³-hybridized carbons (Fsp3) is 0.700. The van der Waals surface area contributed by atoms with Gasteiger partial charge in [0.25, 0.3) is 0 Å². The Morgan fingerprint density at radius 2 is 2.23 bits per heavy atom. The highest BCUT2D eigenvalue weighted by atomic mass is 16.2. The molecule has 1 aliphatic carbocycles. The summed E-state index contributed by atoms with van der Waals surface area (Å²) in [6, 6.07) is 0. The molecule has 1 aliphatic rings. The first-order chi connectivity index (χ1) is 5.96. The number of amides is 1. The Labute approximate surface area is 79.1 Å². The molecule has 0 aliphatic heterocycles. The average Bonchev–Trinajstić information content (AvgIpc) is 2.84. The summed E-state index contributed by atoms with van der Waals surface area (Å²) in [7, 11) is 0. The third kappa shape index (κ3) is 2.02. The zero-order valence-corrected chi connectivity index (χ0v) is 8.18. The first-order valence-corrected chi connectivity index (χ1v) is 4.46. The summed E-state index contributed by atoms with van der Waals surface area (Å²) in [4.78, 5) is 11.6. The second-order valence-corrected chi connectivity index (χ2v) is 4.21. The summed E-state index contributed by atoms with van der Waals surface area (Å²) in [5.74, 6) is 2.52. The number of terminal acetylenes is 1. The molecule has 0 bridgehead atoms. The summed E-state index contributed by atoms with van der Waals surface area (Å²) >= 11 is 0. The van der Waals surface area contributed by atoms with Crippen LogP contribution in [0.15, 0.2) is 0 Å². The van der Waals surface area contributed by atoms with E-state index in [0.29, 0.717) is 6.54 Å². The van der Waals surface area contributed by atoms with Gasteiger partial charge < -0.3 is 11.1 Å². The number of nitrogens with one attached hydrogen (secondary N) is 1. The van der Waals surface area contributed by atoms with Crippen LogP contribution in [0, 0.1) is 17.8 Å².